The number of nitrogens with one attached hydrogen (secondary N) is 1. The average Bonchev–Trinajstić information content (AvgIpc) is 2.67. The Kier molecular flexibility index (Phi) is 4.11. The summed E-state index contributed by atoms with van der Waals surface area (Å²) in [6, 6.07) is -0.417. The zero-order valence-electron chi connectivity index (χ0n) is 10.0. The van der Waals surface area contributed by atoms with E-state index in [1.807, 2.05) is 0 Å². The van der Waals surface area contributed by atoms with E-state index in [2.05, 4.69) is 24.1 Å². The first-order valence-corrected chi connectivity index (χ1v) is 5.72. The molecule has 15 heavy (non-hydrogen) atoms. The third kappa shape index (κ3) is 3.47. The summed E-state index contributed by atoms with van der Waals surface area (Å²) >= 11 is 0. The van der Waals surface area contributed by atoms with E-state index >= 15 is 0 Å². The zero-order chi connectivity index (χ0) is 11.5. The smallest absolute Gasteiger partial charge is 0.236 e. The molecule has 1 rings (SSSR count). The second kappa shape index (κ2) is 4.94. The van der Waals surface area contributed by atoms with Gasteiger partial charge < -0.3 is 11.1 Å². The molecule has 0 unspecified atom stereocenters. The van der Waals surface area contributed by atoms with Crippen LogP contribution in [-0.2, 0) is 4.79 Å². The minimum absolute atomic E-state index is 0.0427. The van der Waals surface area contributed by atoms with Gasteiger partial charge in [0.05, 0.1) is 6.04 Å². The fourth-order valence-corrected chi connectivity index (χ4v) is 1.90. The van der Waals surface area contributed by atoms with Crippen molar-refractivity contribution in [1.29, 1.82) is 0 Å². The Hall–Kier alpha value is -0.610. The summed E-state index contributed by atoms with van der Waals surface area (Å²) in [6.45, 7) is 8.99. The number of hydrogen-bond donors (Lipinski definition) is 2. The molecular formula is C11H23N3O. The van der Waals surface area contributed by atoms with Gasteiger partial charge in [0, 0.05) is 12.1 Å². The second-order valence-electron chi connectivity index (χ2n) is 5.01. The molecule has 1 saturated heterocycles. The molecule has 1 fully saturated rings. The highest BCUT2D eigenvalue weighted by Crippen LogP contribution is 2.19. The molecule has 0 bridgehead atoms. The van der Waals surface area contributed by atoms with Crippen LogP contribution in [0.2, 0.25) is 0 Å². The summed E-state index contributed by atoms with van der Waals surface area (Å²) in [7, 11) is 0. The van der Waals surface area contributed by atoms with E-state index in [1.165, 1.54) is 12.8 Å². The maximum absolute atomic E-state index is 11.3. The normalized spacial score (nSPS) is 20.3. The van der Waals surface area contributed by atoms with Gasteiger partial charge in [-0.15, -0.1) is 0 Å². The molecule has 3 N–H and O–H groups in total. The van der Waals surface area contributed by atoms with Crippen molar-refractivity contribution >= 4 is 5.91 Å². The highest BCUT2D eigenvalue weighted by Gasteiger charge is 2.29. The molecule has 4 nitrogen and oxygen atoms in total. The molecule has 0 radical (unpaired) electrons. The van der Waals surface area contributed by atoms with Crippen molar-refractivity contribution in [2.45, 2.75) is 45.2 Å². The molecule has 1 amide bonds. The van der Waals surface area contributed by atoms with E-state index < -0.39 is 6.04 Å². The number of rotatable bonds is 4. The van der Waals surface area contributed by atoms with Gasteiger partial charge in [0.25, 0.3) is 0 Å². The first-order valence-electron chi connectivity index (χ1n) is 5.72. The quantitative estimate of drug-likeness (QED) is 0.707. The molecule has 0 spiro atoms. The van der Waals surface area contributed by atoms with Crippen LogP contribution in [0.4, 0.5) is 0 Å². The number of nitrogens with zero attached hydrogens (tertiary/aromatic N) is 1. The lowest BCUT2D eigenvalue weighted by atomic mass is 10.0. The van der Waals surface area contributed by atoms with Gasteiger partial charge in [0.2, 0.25) is 5.91 Å². The van der Waals surface area contributed by atoms with Crippen LogP contribution >= 0.6 is 0 Å². The topological polar surface area (TPSA) is 58.4 Å². The van der Waals surface area contributed by atoms with Gasteiger partial charge in [-0.05, 0) is 46.7 Å². The zero-order valence-corrected chi connectivity index (χ0v) is 10.0. The van der Waals surface area contributed by atoms with Crippen LogP contribution in [0.3, 0.4) is 0 Å². The fraction of sp³-hybridized carbons (Fsp3) is 0.909. The van der Waals surface area contributed by atoms with Gasteiger partial charge in [-0.1, -0.05) is 0 Å². The van der Waals surface area contributed by atoms with Gasteiger partial charge in [0.1, 0.15) is 0 Å². The molecule has 4 heteroatoms. The van der Waals surface area contributed by atoms with Crippen LogP contribution in [0.1, 0.15) is 33.6 Å². The SMILES string of the molecule is C[C@@H](N)C(=O)NCC(C)(C)N1CCCC1. The Balaban J connectivity index is 2.38. The predicted molar refractivity (Wildman–Crippen MR) is 61.5 cm³/mol. The van der Waals surface area contributed by atoms with E-state index in [1.54, 1.807) is 6.92 Å². The van der Waals surface area contributed by atoms with Crippen LogP contribution in [0.5, 0.6) is 0 Å². The van der Waals surface area contributed by atoms with Gasteiger partial charge in [-0.3, -0.25) is 9.69 Å². The molecule has 88 valence electrons. The molecule has 1 aliphatic heterocycles. The maximum atomic E-state index is 11.3. The molecule has 1 heterocycles. The summed E-state index contributed by atoms with van der Waals surface area (Å²) in [5, 5.41) is 2.89. The van der Waals surface area contributed by atoms with Gasteiger partial charge in [-0.2, -0.15) is 0 Å². The molecule has 1 aliphatic rings. The van der Waals surface area contributed by atoms with Crippen molar-refractivity contribution in [3.05, 3.63) is 0 Å². The molecule has 0 aromatic rings. The van der Waals surface area contributed by atoms with E-state index in [9.17, 15) is 4.79 Å². The summed E-state index contributed by atoms with van der Waals surface area (Å²) in [5.41, 5.74) is 5.54. The van der Waals surface area contributed by atoms with Crippen LogP contribution in [-0.4, -0.2) is 42.0 Å². The first kappa shape index (κ1) is 12.5. The summed E-state index contributed by atoms with van der Waals surface area (Å²) in [4.78, 5) is 13.8. The molecule has 0 aliphatic carbocycles. The van der Waals surface area contributed by atoms with Gasteiger partial charge >= 0.3 is 0 Å². The van der Waals surface area contributed by atoms with Crippen molar-refractivity contribution in [3.63, 3.8) is 0 Å². The number of likely N-dealkylation sites (tertiary alicyclic amines) is 1. The van der Waals surface area contributed by atoms with E-state index in [-0.39, 0.29) is 11.4 Å². The van der Waals surface area contributed by atoms with Crippen LogP contribution in [0.25, 0.3) is 0 Å². The van der Waals surface area contributed by atoms with Gasteiger partial charge in [-0.25, -0.2) is 0 Å². The standard InChI is InChI=1S/C11H23N3O/c1-9(12)10(15)13-8-11(2,3)14-6-4-5-7-14/h9H,4-8,12H2,1-3H3,(H,13,15)/t9-/m1/s1. The third-order valence-corrected chi connectivity index (χ3v) is 3.07. The lowest BCUT2D eigenvalue weighted by molar-refractivity contribution is -0.122. The third-order valence-electron chi connectivity index (χ3n) is 3.07. The largest absolute Gasteiger partial charge is 0.353 e. The lowest BCUT2D eigenvalue weighted by Gasteiger charge is -2.35. The number of nitrogens with two attached hydrogens (primary N) is 1. The van der Waals surface area contributed by atoms with E-state index in [0.717, 1.165) is 13.1 Å². The Morgan fingerprint density at radius 3 is 2.47 bits per heavy atom. The number of hydrogen-bond acceptors (Lipinski definition) is 3. The Bertz CT molecular complexity index is 220. The summed E-state index contributed by atoms with van der Waals surface area (Å²) in [6.07, 6.45) is 2.54. The second-order valence-corrected chi connectivity index (χ2v) is 5.01. The van der Waals surface area contributed by atoms with Gasteiger partial charge in [0.15, 0.2) is 0 Å². The van der Waals surface area contributed by atoms with Crippen molar-refractivity contribution in [2.75, 3.05) is 19.6 Å². The Morgan fingerprint density at radius 2 is 2.00 bits per heavy atom. The monoisotopic (exact) mass is 213 g/mol. The van der Waals surface area contributed by atoms with E-state index in [0.29, 0.717) is 6.54 Å². The molecule has 0 aromatic heterocycles. The number of carbonyl (C=O) groups excluding carboxylic acids is 1. The van der Waals surface area contributed by atoms with Crippen LogP contribution in [0.15, 0.2) is 0 Å². The first-order chi connectivity index (χ1) is 6.93. The summed E-state index contributed by atoms with van der Waals surface area (Å²) < 4.78 is 0. The van der Waals surface area contributed by atoms with Crippen molar-refractivity contribution < 1.29 is 4.79 Å². The van der Waals surface area contributed by atoms with Crippen molar-refractivity contribution in [3.8, 4) is 0 Å². The number of amides is 1. The molecule has 0 saturated carbocycles. The van der Waals surface area contributed by atoms with Crippen LogP contribution in [0, 0.1) is 0 Å². The van der Waals surface area contributed by atoms with E-state index in [4.69, 9.17) is 5.73 Å². The summed E-state index contributed by atoms with van der Waals surface area (Å²) in [5.74, 6) is -0.0673. The lowest BCUT2D eigenvalue weighted by Crippen LogP contribution is -2.52. The molecule has 0 aromatic carbocycles. The highest BCUT2D eigenvalue weighted by atomic mass is 16.2. The van der Waals surface area contributed by atoms with Crippen LogP contribution < -0.4 is 11.1 Å². The highest BCUT2D eigenvalue weighted by molar-refractivity contribution is 5.81. The minimum Gasteiger partial charge on any atom is -0.353 e. The minimum atomic E-state index is -0.417. The maximum Gasteiger partial charge on any atom is 0.236 e. The average molecular weight is 213 g/mol. The molecular weight excluding hydrogens is 190 g/mol. The predicted octanol–water partition coefficient (Wildman–Crippen LogP) is 0.324. The van der Waals surface area contributed by atoms with Crippen molar-refractivity contribution in [2.24, 2.45) is 5.73 Å². The Morgan fingerprint density at radius 1 is 1.47 bits per heavy atom. The molecule has 1 atom stereocenters. The number of carbonyl (C=O) groups is 1. The Labute approximate surface area is 92.2 Å². The van der Waals surface area contributed by atoms with Crippen molar-refractivity contribution in [1.82, 2.24) is 10.2 Å². The fourth-order valence-electron chi connectivity index (χ4n) is 1.90.